The second kappa shape index (κ2) is 7.03. The Morgan fingerprint density at radius 3 is 2.48 bits per heavy atom. The molecular formula is C23H15N5O3. The van der Waals surface area contributed by atoms with E-state index in [1.54, 1.807) is 0 Å². The van der Waals surface area contributed by atoms with Crippen LogP contribution in [0.15, 0.2) is 73.1 Å². The van der Waals surface area contributed by atoms with Crippen LogP contribution in [0.3, 0.4) is 0 Å². The van der Waals surface area contributed by atoms with Gasteiger partial charge in [-0.3, -0.25) is 4.79 Å². The van der Waals surface area contributed by atoms with Crippen LogP contribution in [0.4, 0.5) is 0 Å². The zero-order chi connectivity index (χ0) is 21.5. The molecule has 150 valence electrons. The Balaban J connectivity index is 1.70. The number of aromatic nitrogens is 4. The highest BCUT2D eigenvalue weighted by Gasteiger charge is 2.21. The molecule has 8 nitrogen and oxygen atoms in total. The SMILES string of the molecule is NC(=O)c1c(-c2ccc3ccc(-c4ccccc4)nc3c2)nn2cc(C(=O)O)cnc12. The summed E-state index contributed by atoms with van der Waals surface area (Å²) in [5.74, 6) is -1.85. The Morgan fingerprint density at radius 2 is 1.74 bits per heavy atom. The van der Waals surface area contributed by atoms with Gasteiger partial charge < -0.3 is 10.8 Å². The van der Waals surface area contributed by atoms with Crippen LogP contribution in [-0.4, -0.2) is 36.6 Å². The fourth-order valence-corrected chi connectivity index (χ4v) is 3.51. The number of carboxylic acid groups (broad SMARTS) is 1. The number of aromatic carboxylic acids is 1. The van der Waals surface area contributed by atoms with E-state index in [1.165, 1.54) is 16.9 Å². The van der Waals surface area contributed by atoms with Crippen LogP contribution in [0.25, 0.3) is 39.1 Å². The maximum absolute atomic E-state index is 12.2. The summed E-state index contributed by atoms with van der Waals surface area (Å²) in [6.45, 7) is 0. The molecule has 3 heterocycles. The Morgan fingerprint density at radius 1 is 0.968 bits per heavy atom. The fraction of sp³-hybridized carbons (Fsp3) is 0. The van der Waals surface area contributed by atoms with E-state index < -0.39 is 11.9 Å². The van der Waals surface area contributed by atoms with Gasteiger partial charge in [0.1, 0.15) is 11.3 Å². The van der Waals surface area contributed by atoms with Crippen LogP contribution in [-0.2, 0) is 0 Å². The Kier molecular flexibility index (Phi) is 4.18. The highest BCUT2D eigenvalue weighted by atomic mass is 16.4. The number of carboxylic acids is 1. The maximum Gasteiger partial charge on any atom is 0.338 e. The molecular weight excluding hydrogens is 394 g/mol. The normalized spacial score (nSPS) is 11.1. The van der Waals surface area contributed by atoms with E-state index in [2.05, 4.69) is 10.1 Å². The van der Waals surface area contributed by atoms with Crippen LogP contribution in [0.5, 0.6) is 0 Å². The highest BCUT2D eigenvalue weighted by molar-refractivity contribution is 6.05. The molecule has 0 aliphatic rings. The second-order valence-corrected chi connectivity index (χ2v) is 6.97. The highest BCUT2D eigenvalue weighted by Crippen LogP contribution is 2.29. The fourth-order valence-electron chi connectivity index (χ4n) is 3.51. The van der Waals surface area contributed by atoms with Crippen molar-refractivity contribution in [1.29, 1.82) is 0 Å². The third-order valence-corrected chi connectivity index (χ3v) is 5.00. The first-order valence-corrected chi connectivity index (χ1v) is 9.39. The van der Waals surface area contributed by atoms with E-state index in [-0.39, 0.29) is 16.8 Å². The lowest BCUT2D eigenvalue weighted by Crippen LogP contribution is -2.12. The lowest BCUT2D eigenvalue weighted by Gasteiger charge is -2.05. The topological polar surface area (TPSA) is 123 Å². The molecule has 0 fully saturated rings. The van der Waals surface area contributed by atoms with Crippen molar-refractivity contribution in [2.45, 2.75) is 0 Å². The molecule has 5 aromatic rings. The summed E-state index contributed by atoms with van der Waals surface area (Å²) in [5.41, 5.74) is 9.36. The summed E-state index contributed by atoms with van der Waals surface area (Å²) in [6.07, 6.45) is 2.47. The predicted octanol–water partition coefficient (Wildman–Crippen LogP) is 3.41. The molecule has 31 heavy (non-hydrogen) atoms. The van der Waals surface area contributed by atoms with Crippen molar-refractivity contribution >= 4 is 28.4 Å². The number of benzene rings is 2. The molecule has 0 bridgehead atoms. The Labute approximate surface area is 175 Å². The van der Waals surface area contributed by atoms with E-state index in [0.29, 0.717) is 11.3 Å². The molecule has 0 unspecified atom stereocenters. The summed E-state index contributed by atoms with van der Waals surface area (Å²) in [4.78, 5) is 32.3. The smallest absolute Gasteiger partial charge is 0.338 e. The Bertz CT molecular complexity index is 1490. The van der Waals surface area contributed by atoms with Gasteiger partial charge in [0.05, 0.1) is 16.8 Å². The average Bonchev–Trinajstić information content (AvgIpc) is 3.18. The van der Waals surface area contributed by atoms with E-state index in [4.69, 9.17) is 10.7 Å². The number of pyridine rings is 1. The van der Waals surface area contributed by atoms with E-state index in [0.717, 1.165) is 22.2 Å². The summed E-state index contributed by atoms with van der Waals surface area (Å²) < 4.78 is 1.26. The molecule has 0 saturated carbocycles. The summed E-state index contributed by atoms with van der Waals surface area (Å²) >= 11 is 0. The monoisotopic (exact) mass is 409 g/mol. The van der Waals surface area contributed by atoms with Crippen LogP contribution in [0.2, 0.25) is 0 Å². The quantitative estimate of drug-likeness (QED) is 0.469. The number of carbonyl (C=O) groups is 2. The van der Waals surface area contributed by atoms with Gasteiger partial charge in [-0.25, -0.2) is 19.3 Å². The van der Waals surface area contributed by atoms with Gasteiger partial charge in [-0.15, -0.1) is 0 Å². The minimum Gasteiger partial charge on any atom is -0.478 e. The molecule has 0 saturated heterocycles. The molecule has 0 spiro atoms. The molecule has 0 radical (unpaired) electrons. The number of hydrogen-bond donors (Lipinski definition) is 2. The van der Waals surface area contributed by atoms with Gasteiger partial charge >= 0.3 is 5.97 Å². The van der Waals surface area contributed by atoms with Crippen molar-refractivity contribution in [2.75, 3.05) is 0 Å². The number of fused-ring (bicyclic) bond motifs is 2. The minimum absolute atomic E-state index is 0.0507. The number of nitrogens with two attached hydrogens (primary N) is 1. The van der Waals surface area contributed by atoms with Crippen molar-refractivity contribution in [1.82, 2.24) is 19.6 Å². The maximum atomic E-state index is 12.2. The summed E-state index contributed by atoms with van der Waals surface area (Å²) in [5, 5.41) is 14.5. The molecule has 0 aliphatic carbocycles. The van der Waals surface area contributed by atoms with Gasteiger partial charge in [0.15, 0.2) is 5.65 Å². The van der Waals surface area contributed by atoms with Crippen molar-refractivity contribution in [3.05, 3.63) is 84.2 Å². The zero-order valence-corrected chi connectivity index (χ0v) is 16.1. The van der Waals surface area contributed by atoms with Crippen molar-refractivity contribution < 1.29 is 14.7 Å². The molecule has 2 aromatic carbocycles. The van der Waals surface area contributed by atoms with Gasteiger partial charge in [0.2, 0.25) is 0 Å². The zero-order valence-electron chi connectivity index (χ0n) is 16.1. The summed E-state index contributed by atoms with van der Waals surface area (Å²) in [6, 6.07) is 19.3. The molecule has 0 aliphatic heterocycles. The molecule has 3 N–H and O–H groups in total. The van der Waals surface area contributed by atoms with Gasteiger partial charge in [-0.05, 0) is 12.1 Å². The van der Waals surface area contributed by atoms with E-state index in [9.17, 15) is 14.7 Å². The number of carbonyl (C=O) groups excluding carboxylic acids is 1. The minimum atomic E-state index is -1.14. The second-order valence-electron chi connectivity index (χ2n) is 6.97. The number of primary amides is 1. The number of amides is 1. The lowest BCUT2D eigenvalue weighted by atomic mass is 10.0. The van der Waals surface area contributed by atoms with Crippen molar-refractivity contribution in [2.24, 2.45) is 5.73 Å². The molecule has 8 heteroatoms. The Hall–Kier alpha value is -4.59. The number of rotatable bonds is 4. The molecule has 0 atom stereocenters. The first-order chi connectivity index (χ1) is 15.0. The van der Waals surface area contributed by atoms with Gasteiger partial charge in [0.25, 0.3) is 5.91 Å². The standard InChI is InChI=1S/C23H15N5O3/c24-21(29)19-20(27-28-12-16(23(30)31)11-25-22(19)28)15-7-6-14-8-9-17(26-18(14)10-15)13-4-2-1-3-5-13/h1-12H,(H2,24,29)(H,30,31). The van der Waals surface area contributed by atoms with E-state index >= 15 is 0 Å². The van der Waals surface area contributed by atoms with Gasteiger partial charge in [-0.2, -0.15) is 5.10 Å². The third kappa shape index (κ3) is 3.16. The lowest BCUT2D eigenvalue weighted by molar-refractivity contribution is 0.0695. The summed E-state index contributed by atoms with van der Waals surface area (Å²) in [7, 11) is 0. The van der Waals surface area contributed by atoms with Crippen LogP contribution in [0, 0.1) is 0 Å². The van der Waals surface area contributed by atoms with Gasteiger partial charge in [0, 0.05) is 28.9 Å². The molecule has 3 aromatic heterocycles. The first-order valence-electron chi connectivity index (χ1n) is 9.39. The first kappa shape index (κ1) is 18.4. The van der Waals surface area contributed by atoms with Crippen molar-refractivity contribution in [3.63, 3.8) is 0 Å². The van der Waals surface area contributed by atoms with E-state index in [1.807, 2.05) is 60.7 Å². The number of nitrogens with zero attached hydrogens (tertiary/aromatic N) is 4. The van der Waals surface area contributed by atoms with Gasteiger partial charge in [-0.1, -0.05) is 48.5 Å². The number of hydrogen-bond acceptors (Lipinski definition) is 5. The average molecular weight is 409 g/mol. The molecule has 1 amide bonds. The predicted molar refractivity (Wildman–Crippen MR) is 115 cm³/mol. The largest absolute Gasteiger partial charge is 0.478 e. The van der Waals surface area contributed by atoms with Crippen LogP contribution >= 0.6 is 0 Å². The molecule has 5 rings (SSSR count). The third-order valence-electron chi connectivity index (χ3n) is 5.00. The van der Waals surface area contributed by atoms with Crippen LogP contribution < -0.4 is 5.73 Å². The van der Waals surface area contributed by atoms with Crippen LogP contribution in [0.1, 0.15) is 20.7 Å². The van der Waals surface area contributed by atoms with Crippen molar-refractivity contribution in [3.8, 4) is 22.5 Å².